The Bertz CT molecular complexity index is 1520. The van der Waals surface area contributed by atoms with Gasteiger partial charge in [-0.3, -0.25) is 19.2 Å². The number of phenolic OH excluding ortho intramolecular Hbond substituents is 2. The lowest BCUT2D eigenvalue weighted by Crippen LogP contribution is -2.29. The molecule has 4 aromatic carbocycles. The van der Waals surface area contributed by atoms with E-state index in [4.69, 9.17) is 4.74 Å². The Morgan fingerprint density at radius 2 is 0.811 bits per heavy atom. The minimum absolute atomic E-state index is 0.0983. The molecule has 0 radical (unpaired) electrons. The number of rotatable bonds is 4. The van der Waals surface area contributed by atoms with Gasteiger partial charge in [-0.2, -0.15) is 0 Å². The summed E-state index contributed by atoms with van der Waals surface area (Å²) in [5.41, 5.74) is 1.42. The van der Waals surface area contributed by atoms with Gasteiger partial charge in [-0.25, -0.2) is 9.80 Å². The molecule has 0 unspecified atom stereocenters. The van der Waals surface area contributed by atoms with Gasteiger partial charge in [-0.05, 0) is 84.9 Å². The molecular weight excluding hydrogens is 476 g/mol. The molecule has 2 aliphatic rings. The first kappa shape index (κ1) is 22.1. The summed E-state index contributed by atoms with van der Waals surface area (Å²) < 4.78 is 5.83. The van der Waals surface area contributed by atoms with Crippen molar-refractivity contribution < 1.29 is 34.1 Å². The topological polar surface area (TPSA) is 124 Å². The molecule has 0 bridgehead atoms. The number of anilines is 2. The molecule has 2 N–H and O–H groups in total. The van der Waals surface area contributed by atoms with Crippen molar-refractivity contribution >= 4 is 35.0 Å². The Labute approximate surface area is 209 Å². The van der Waals surface area contributed by atoms with Gasteiger partial charge in [0.1, 0.15) is 23.0 Å². The van der Waals surface area contributed by atoms with Crippen molar-refractivity contribution in [1.29, 1.82) is 0 Å². The van der Waals surface area contributed by atoms with Crippen LogP contribution in [-0.4, -0.2) is 33.8 Å². The number of phenols is 2. The van der Waals surface area contributed by atoms with E-state index in [-0.39, 0.29) is 33.8 Å². The monoisotopic (exact) mass is 492 g/mol. The SMILES string of the molecule is O=C1c2ccc(O)cc2C(=O)N1c1ccc(Oc2ccc(N3C(=O)c4ccc(O)cc4C3=O)cc2)cc1. The van der Waals surface area contributed by atoms with E-state index in [9.17, 15) is 29.4 Å². The summed E-state index contributed by atoms with van der Waals surface area (Å²) in [5.74, 6) is -1.34. The van der Waals surface area contributed by atoms with E-state index in [0.29, 0.717) is 22.9 Å². The Hall–Kier alpha value is -5.44. The van der Waals surface area contributed by atoms with Crippen molar-refractivity contribution in [3.8, 4) is 23.0 Å². The van der Waals surface area contributed by atoms with Crippen LogP contribution >= 0.6 is 0 Å². The smallest absolute Gasteiger partial charge is 0.266 e. The van der Waals surface area contributed by atoms with Crippen molar-refractivity contribution in [3.63, 3.8) is 0 Å². The maximum Gasteiger partial charge on any atom is 0.266 e. The van der Waals surface area contributed by atoms with Gasteiger partial charge in [0, 0.05) is 0 Å². The van der Waals surface area contributed by atoms with Crippen LogP contribution in [0.4, 0.5) is 11.4 Å². The molecule has 0 aliphatic carbocycles. The number of aromatic hydroxyl groups is 2. The van der Waals surface area contributed by atoms with Crippen molar-refractivity contribution in [2.75, 3.05) is 9.80 Å². The van der Waals surface area contributed by atoms with Gasteiger partial charge < -0.3 is 14.9 Å². The molecule has 9 nitrogen and oxygen atoms in total. The van der Waals surface area contributed by atoms with Crippen molar-refractivity contribution in [1.82, 2.24) is 0 Å². The van der Waals surface area contributed by atoms with E-state index in [1.807, 2.05) is 0 Å². The molecular formula is C28H16N2O7. The van der Waals surface area contributed by atoms with E-state index in [0.717, 1.165) is 9.80 Å². The van der Waals surface area contributed by atoms with Crippen LogP contribution in [0.2, 0.25) is 0 Å². The lowest BCUT2D eigenvalue weighted by Gasteiger charge is -2.15. The Morgan fingerprint density at radius 3 is 1.19 bits per heavy atom. The summed E-state index contributed by atoms with van der Waals surface area (Å²) >= 11 is 0. The van der Waals surface area contributed by atoms with Gasteiger partial charge in [0.2, 0.25) is 0 Å². The lowest BCUT2D eigenvalue weighted by atomic mass is 10.1. The molecule has 9 heteroatoms. The highest BCUT2D eigenvalue weighted by Crippen LogP contribution is 2.34. The summed E-state index contributed by atoms with van der Waals surface area (Å²) in [5, 5.41) is 19.3. The highest BCUT2D eigenvalue weighted by Gasteiger charge is 2.38. The molecule has 0 atom stereocenters. The minimum Gasteiger partial charge on any atom is -0.508 e. The summed E-state index contributed by atoms with van der Waals surface area (Å²) in [6, 6.07) is 20.7. The van der Waals surface area contributed by atoms with Crippen LogP contribution in [0.1, 0.15) is 41.4 Å². The lowest BCUT2D eigenvalue weighted by molar-refractivity contribution is 0.0910. The molecule has 0 fully saturated rings. The molecule has 0 spiro atoms. The summed E-state index contributed by atoms with van der Waals surface area (Å²) in [7, 11) is 0. The van der Waals surface area contributed by atoms with Crippen molar-refractivity contribution in [2.24, 2.45) is 0 Å². The van der Waals surface area contributed by atoms with E-state index in [1.165, 1.54) is 36.4 Å². The molecule has 2 aliphatic heterocycles. The van der Waals surface area contributed by atoms with Gasteiger partial charge in [0.15, 0.2) is 0 Å². The Morgan fingerprint density at radius 1 is 0.459 bits per heavy atom. The number of imide groups is 2. The predicted molar refractivity (Wildman–Crippen MR) is 131 cm³/mol. The standard InChI is InChI=1S/C28H16N2O7/c31-17-5-11-21-23(13-17)27(35)29(25(21)33)15-1-7-19(8-2-15)37-20-9-3-16(4-10-20)30-26(34)22-12-6-18(32)14-24(22)28(30)36/h1-14,31-32H. The highest BCUT2D eigenvalue weighted by atomic mass is 16.5. The van der Waals surface area contributed by atoms with Crippen LogP contribution in [-0.2, 0) is 0 Å². The average molecular weight is 492 g/mol. The Kier molecular flexibility index (Phi) is 4.80. The van der Waals surface area contributed by atoms with E-state index < -0.39 is 23.6 Å². The third-order valence-electron chi connectivity index (χ3n) is 6.17. The number of carbonyl (C=O) groups excluding carboxylic acids is 4. The van der Waals surface area contributed by atoms with Gasteiger partial charge >= 0.3 is 0 Å². The van der Waals surface area contributed by atoms with E-state index >= 15 is 0 Å². The number of carbonyl (C=O) groups is 4. The van der Waals surface area contributed by atoms with Crippen molar-refractivity contribution in [2.45, 2.75) is 0 Å². The van der Waals surface area contributed by atoms with Crippen LogP contribution in [0, 0.1) is 0 Å². The molecule has 37 heavy (non-hydrogen) atoms. The number of hydrogen-bond donors (Lipinski definition) is 2. The third-order valence-corrected chi connectivity index (χ3v) is 6.17. The second kappa shape index (κ2) is 8.06. The third kappa shape index (κ3) is 3.49. The zero-order valence-electron chi connectivity index (χ0n) is 18.9. The Balaban J connectivity index is 1.18. The van der Waals surface area contributed by atoms with Crippen LogP contribution < -0.4 is 14.5 Å². The van der Waals surface area contributed by atoms with Crippen LogP contribution in [0.5, 0.6) is 23.0 Å². The number of fused-ring (bicyclic) bond motifs is 2. The number of amides is 4. The molecule has 0 saturated heterocycles. The first-order valence-electron chi connectivity index (χ1n) is 11.1. The van der Waals surface area contributed by atoms with E-state index in [2.05, 4.69) is 0 Å². The molecule has 6 rings (SSSR count). The second-order valence-corrected chi connectivity index (χ2v) is 8.44. The zero-order valence-corrected chi connectivity index (χ0v) is 18.9. The predicted octanol–water partition coefficient (Wildman–Crippen LogP) is 4.49. The summed E-state index contributed by atoms with van der Waals surface area (Å²) in [4.78, 5) is 52.9. The number of nitrogens with zero attached hydrogens (tertiary/aromatic N) is 2. The normalized spacial score (nSPS) is 14.3. The quantitative estimate of drug-likeness (QED) is 0.402. The molecule has 4 aromatic rings. The first-order chi connectivity index (χ1) is 17.8. The van der Waals surface area contributed by atoms with Gasteiger partial charge in [-0.1, -0.05) is 0 Å². The largest absolute Gasteiger partial charge is 0.508 e. The van der Waals surface area contributed by atoms with E-state index in [1.54, 1.807) is 48.5 Å². The van der Waals surface area contributed by atoms with Gasteiger partial charge in [-0.15, -0.1) is 0 Å². The summed E-state index contributed by atoms with van der Waals surface area (Å²) in [6.45, 7) is 0. The van der Waals surface area contributed by atoms with Crippen LogP contribution in [0.15, 0.2) is 84.9 Å². The van der Waals surface area contributed by atoms with Gasteiger partial charge in [0.25, 0.3) is 23.6 Å². The molecule has 4 amide bonds. The van der Waals surface area contributed by atoms with Crippen LogP contribution in [0.3, 0.4) is 0 Å². The minimum atomic E-state index is -0.525. The molecule has 2 heterocycles. The number of benzene rings is 4. The number of ether oxygens (including phenoxy) is 1. The van der Waals surface area contributed by atoms with Crippen molar-refractivity contribution in [3.05, 3.63) is 107 Å². The fourth-order valence-corrected chi connectivity index (χ4v) is 4.39. The highest BCUT2D eigenvalue weighted by molar-refractivity contribution is 6.35. The van der Waals surface area contributed by atoms with Crippen LogP contribution in [0.25, 0.3) is 0 Å². The van der Waals surface area contributed by atoms with Gasteiger partial charge in [0.05, 0.1) is 33.6 Å². The fraction of sp³-hybridized carbons (Fsp3) is 0. The maximum absolute atomic E-state index is 12.7. The molecule has 0 aromatic heterocycles. The average Bonchev–Trinajstić information content (AvgIpc) is 3.28. The zero-order chi connectivity index (χ0) is 25.8. The molecule has 180 valence electrons. The first-order valence-corrected chi connectivity index (χ1v) is 11.1. The number of hydrogen-bond acceptors (Lipinski definition) is 7. The maximum atomic E-state index is 12.7. The second-order valence-electron chi connectivity index (χ2n) is 8.44. The molecule has 0 saturated carbocycles. The fourth-order valence-electron chi connectivity index (χ4n) is 4.39. The summed E-state index contributed by atoms with van der Waals surface area (Å²) in [6.07, 6.45) is 0.